The van der Waals surface area contributed by atoms with Gasteiger partial charge in [-0.1, -0.05) is 115 Å². The highest BCUT2D eigenvalue weighted by Gasteiger charge is 2.63. The monoisotopic (exact) mass is 1750 g/mol. The lowest BCUT2D eigenvalue weighted by atomic mass is 9.77. The fraction of sp³-hybridized carbons (Fsp3) is 0.636. The maximum atomic E-state index is 14.6. The Bertz CT molecular complexity index is 4640. The number of ether oxygens (including phenoxy) is 8. The largest absolute Gasteiger partial charge is 0.495 e. The molecular formula is C88H117BrCl2N4O21S. The van der Waals surface area contributed by atoms with E-state index in [1.807, 2.05) is 67.5 Å². The number of nitrogens with one attached hydrogen (secondary N) is 1. The molecule has 2 saturated heterocycles. The number of amides is 2. The number of aromatic nitrogens is 2. The minimum atomic E-state index is -4.21. The molecule has 16 atom stereocenters. The number of Topliss-reactive ketones (excluding diaryl/α,β-unsaturated/α-hetero) is 2. The number of ketones is 2. The van der Waals surface area contributed by atoms with Crippen LogP contribution in [0.1, 0.15) is 190 Å². The number of pyridine rings is 2. The molecule has 2 amide bonds. The van der Waals surface area contributed by atoms with Crippen molar-refractivity contribution >= 4 is 118 Å². The van der Waals surface area contributed by atoms with Crippen molar-refractivity contribution < 1.29 is 94.0 Å². The van der Waals surface area contributed by atoms with E-state index in [0.717, 1.165) is 56.3 Å². The van der Waals surface area contributed by atoms with Gasteiger partial charge in [0.1, 0.15) is 45.6 Å². The predicted molar refractivity (Wildman–Crippen MR) is 445 cm³/mol. The number of esters is 3. The number of carboxylic acid groups (broad SMARTS) is 1. The van der Waals surface area contributed by atoms with Gasteiger partial charge in [0.05, 0.1) is 97.5 Å². The highest BCUT2D eigenvalue weighted by atomic mass is 79.9. The topological polar surface area (TPSA) is 326 Å². The summed E-state index contributed by atoms with van der Waals surface area (Å²) in [5, 5.41) is 12.2. The van der Waals surface area contributed by atoms with Gasteiger partial charge in [-0.3, -0.25) is 52.3 Å². The van der Waals surface area contributed by atoms with Crippen LogP contribution in [0.4, 0.5) is 0 Å². The van der Waals surface area contributed by atoms with Gasteiger partial charge < -0.3 is 57.8 Å². The van der Waals surface area contributed by atoms with Crippen LogP contribution in [0.15, 0.2) is 74.8 Å². The van der Waals surface area contributed by atoms with E-state index in [4.69, 9.17) is 70.3 Å². The fourth-order valence-electron chi connectivity index (χ4n) is 18.1. The molecule has 2 aromatic heterocycles. The van der Waals surface area contributed by atoms with Crippen LogP contribution in [-0.4, -0.2) is 179 Å². The van der Waals surface area contributed by atoms with Crippen molar-refractivity contribution in [3.05, 3.63) is 96.8 Å². The summed E-state index contributed by atoms with van der Waals surface area (Å²) < 4.78 is 76.9. The molecular weight excluding hydrogens is 1630 g/mol. The number of aryl methyl sites for hydroxylation is 2. The Balaban J connectivity index is 0.000000202. The third kappa shape index (κ3) is 21.6. The lowest BCUT2D eigenvalue weighted by Crippen LogP contribution is -2.48. The van der Waals surface area contributed by atoms with Crippen LogP contribution in [0.3, 0.4) is 0 Å². The molecule has 2 N–H and O–H groups in total. The Kier molecular flexibility index (Phi) is 30.1. The zero-order chi connectivity index (χ0) is 84.3. The average molecular weight is 1750 g/mol. The second kappa shape index (κ2) is 38.2. The first kappa shape index (κ1) is 92.0. The lowest BCUT2D eigenvalue weighted by molar-refractivity contribution is -0.157. The molecule has 642 valence electrons. The number of hydrogen-bond acceptors (Lipinski definition) is 21. The Hall–Kier alpha value is -7.27. The number of hydrogen-bond donors (Lipinski definition) is 2. The summed E-state index contributed by atoms with van der Waals surface area (Å²) in [7, 11) is 3.47. The number of methoxy groups -OCH3 is 5. The van der Waals surface area contributed by atoms with Gasteiger partial charge in [-0.05, 0) is 172 Å². The summed E-state index contributed by atoms with van der Waals surface area (Å²) in [6.45, 7) is 16.3. The maximum absolute atomic E-state index is 14.6. The fourth-order valence-corrected chi connectivity index (χ4v) is 20.1. The van der Waals surface area contributed by atoms with Gasteiger partial charge in [-0.15, -0.1) is 0 Å². The van der Waals surface area contributed by atoms with Crippen LogP contribution in [-0.2, 0) is 89.2 Å². The van der Waals surface area contributed by atoms with Crippen LogP contribution >= 0.6 is 39.1 Å². The number of halogens is 3. The molecule has 3 aromatic carbocycles. The number of likely N-dealkylation sites (tertiary alicyclic amines) is 2. The van der Waals surface area contributed by atoms with E-state index in [0.29, 0.717) is 123 Å². The standard InChI is InChI=1S/C40H53ClN2O9.C33H44BrNO9S.C14H16ClNO3.CH4/c1-7-24-19-40(24,38(47)48)20-31(44)30-17-27(51-33-16-25(9-8-12-49-5)42-36-28(33)10-11-32(50-6)35(36)41)21-43(30)37(46)29(39(2,3)4)18-34(45)52-26-14-22-13-23(22)15-26;1-6-21-16-33(21,31(39)42-5)17-28(36)27-14-24(44-45(40,41)25-9-7-22(34)8-10-25)18-35(27)30(38)26(32(2,3)4)15-29(37)43-23-12-19-11-20(19)13-23;1-18-7-3-4-9-8-11(17)10-5-6-12(19-2)13(15)14(10)16-9;/h10-11,16,22-24,26-27,29-30H,7-9,12-15,17-21H2,1-6H3,(H,47,48);7-10,19-21,23-24,26-27H,6,11-18H2,1-5H3;5-6,8H,3-4,7H2,1-2H3,(H,16,17);1H4/t22-,23+,24-,26?,27-,29-,30+,40-;19-,20+,21-,23?,24+,26-,27+,33-;;/m11../s1. The number of rotatable bonds is 33. The van der Waals surface area contributed by atoms with E-state index in [2.05, 4.69) is 20.9 Å². The van der Waals surface area contributed by atoms with Crippen LogP contribution in [0.2, 0.25) is 10.0 Å². The number of H-pyrrole nitrogens is 1. The summed E-state index contributed by atoms with van der Waals surface area (Å²) in [5.74, 6) is -1.28. The van der Waals surface area contributed by atoms with Crippen molar-refractivity contribution in [1.29, 1.82) is 0 Å². The van der Waals surface area contributed by atoms with Crippen molar-refractivity contribution in [3.63, 3.8) is 0 Å². The molecule has 29 heteroatoms. The molecule has 25 nitrogen and oxygen atoms in total. The predicted octanol–water partition coefficient (Wildman–Crippen LogP) is 15.1. The molecule has 8 aliphatic rings. The van der Waals surface area contributed by atoms with Crippen molar-refractivity contribution in [3.8, 4) is 17.2 Å². The van der Waals surface area contributed by atoms with E-state index >= 15 is 0 Å². The molecule has 8 fully saturated rings. The van der Waals surface area contributed by atoms with Gasteiger partial charge in [-0.25, -0.2) is 0 Å². The molecule has 2 aliphatic heterocycles. The van der Waals surface area contributed by atoms with Gasteiger partial charge in [-0.2, -0.15) is 8.42 Å². The maximum Gasteiger partial charge on any atom is 0.312 e. The quantitative estimate of drug-likeness (QED) is 0.0170. The number of aliphatic carboxylic acids is 1. The molecule has 2 unspecified atom stereocenters. The van der Waals surface area contributed by atoms with Gasteiger partial charge in [0.2, 0.25) is 11.8 Å². The van der Waals surface area contributed by atoms with Crippen LogP contribution in [0.5, 0.6) is 17.2 Å². The van der Waals surface area contributed by atoms with Crippen LogP contribution in [0, 0.1) is 69.0 Å². The van der Waals surface area contributed by atoms with Crippen LogP contribution < -0.4 is 19.6 Å². The summed E-state index contributed by atoms with van der Waals surface area (Å²) in [5.41, 5.74) is -0.672. The van der Waals surface area contributed by atoms with Gasteiger partial charge in [0.15, 0.2) is 17.0 Å². The number of carboxylic acids is 1. The first-order valence-corrected chi connectivity index (χ1v) is 43.6. The Labute approximate surface area is 705 Å². The third-order valence-corrected chi connectivity index (χ3v) is 27.9. The highest BCUT2D eigenvalue weighted by Crippen LogP contribution is 2.60. The molecule has 5 aromatic rings. The number of benzene rings is 3. The Morgan fingerprint density at radius 3 is 1.57 bits per heavy atom. The zero-order valence-corrected chi connectivity index (χ0v) is 72.7. The molecule has 6 saturated carbocycles. The summed E-state index contributed by atoms with van der Waals surface area (Å²) in [4.78, 5) is 132. The van der Waals surface area contributed by atoms with E-state index in [1.165, 1.54) is 44.1 Å². The number of carbonyl (C=O) groups excluding carboxylic acids is 7. The lowest BCUT2D eigenvalue weighted by Gasteiger charge is -2.35. The first-order chi connectivity index (χ1) is 54.9. The third-order valence-electron chi connectivity index (χ3n) is 25.2. The van der Waals surface area contributed by atoms with Crippen molar-refractivity contribution in [2.45, 2.75) is 233 Å². The van der Waals surface area contributed by atoms with Crippen molar-refractivity contribution in [2.24, 2.45) is 69.0 Å². The summed E-state index contributed by atoms with van der Waals surface area (Å²) in [6, 6.07) is 14.5. The Morgan fingerprint density at radius 1 is 0.615 bits per heavy atom. The number of carbonyl (C=O) groups is 8. The molecule has 4 heterocycles. The smallest absolute Gasteiger partial charge is 0.312 e. The molecule has 0 bridgehead atoms. The van der Waals surface area contributed by atoms with E-state index in [9.17, 15) is 56.7 Å². The first-order valence-electron chi connectivity index (χ1n) is 40.7. The second-order valence-electron chi connectivity index (χ2n) is 35.2. The summed E-state index contributed by atoms with van der Waals surface area (Å²) >= 11 is 16.3. The van der Waals surface area contributed by atoms with Crippen molar-refractivity contribution in [1.82, 2.24) is 19.8 Å². The van der Waals surface area contributed by atoms with E-state index < -0.39 is 97.7 Å². The SMILES string of the molecule is C.CC[C@@H]1C[C@]1(CC(=O)[C@@H]1C[C@@H](Oc2cc(CCCOC)nc3c(Cl)c(OC)ccc23)CN1C(=O)[C@@H](CC(=O)OC1C[C@@H]2C[C@@H]2C1)C(C)(C)C)C(=O)O.CC[C@@H]1C[C@]1(CC(=O)[C@@H]1C[C@H](OS(=O)(=O)c2ccc(Br)cc2)CN1C(=O)[C@@H](CC(=O)OC1C[C@@H]2C[C@@H]2C1)C(C)(C)C)C(=O)OC.COCCCc1cc(=O)c2ccc(OC)c(Cl)c2[nH]1. The van der Waals surface area contributed by atoms with E-state index in [-0.39, 0.29) is 111 Å². The van der Waals surface area contributed by atoms with E-state index in [1.54, 1.807) is 62.6 Å². The minimum absolute atomic E-state index is 0. The van der Waals surface area contributed by atoms with Gasteiger partial charge in [0, 0.05) is 98.4 Å². The minimum Gasteiger partial charge on any atom is -0.495 e. The highest BCUT2D eigenvalue weighted by molar-refractivity contribution is 9.10. The molecule has 117 heavy (non-hydrogen) atoms. The average Bonchev–Trinajstić information content (AvgIpc) is 1.59. The normalized spacial score (nSPS) is 26.4. The molecule has 13 rings (SSSR count). The van der Waals surface area contributed by atoms with Gasteiger partial charge >= 0.3 is 23.9 Å². The number of nitrogens with zero attached hydrogens (tertiary/aromatic N) is 3. The van der Waals surface area contributed by atoms with Crippen LogP contribution in [0.25, 0.3) is 21.8 Å². The molecule has 6 aliphatic carbocycles. The second-order valence-corrected chi connectivity index (χ2v) is 38.5. The van der Waals surface area contributed by atoms with Crippen molar-refractivity contribution in [2.75, 3.05) is 61.9 Å². The molecule has 0 spiro atoms. The number of fused-ring (bicyclic) bond motifs is 4. The Morgan fingerprint density at radius 2 is 1.09 bits per heavy atom. The van der Waals surface area contributed by atoms with Gasteiger partial charge in [0.25, 0.3) is 10.1 Å². The number of aromatic amines is 1. The zero-order valence-electron chi connectivity index (χ0n) is 68.8. The molecule has 0 radical (unpaired) electrons. The summed E-state index contributed by atoms with van der Waals surface area (Å²) in [6.07, 6.45) is 8.86.